The van der Waals surface area contributed by atoms with Crippen molar-refractivity contribution >= 4 is 5.97 Å². The van der Waals surface area contributed by atoms with Crippen LogP contribution < -0.4 is 5.32 Å². The minimum Gasteiger partial charge on any atom is -0.480 e. The molecule has 0 atom stereocenters. The Hall–Kier alpha value is -0.610. The third-order valence-corrected chi connectivity index (χ3v) is 0.736. The van der Waals surface area contributed by atoms with Crippen molar-refractivity contribution < 1.29 is 14.6 Å². The van der Waals surface area contributed by atoms with E-state index in [4.69, 9.17) is 9.84 Å². The summed E-state index contributed by atoms with van der Waals surface area (Å²) < 4.78 is 4.83. The van der Waals surface area contributed by atoms with Crippen LogP contribution in [0.25, 0.3) is 0 Å². The Bertz CT molecular complexity index is 83.8. The lowest BCUT2D eigenvalue weighted by Crippen LogP contribution is -2.16. The van der Waals surface area contributed by atoms with Crippen molar-refractivity contribution in [2.45, 2.75) is 13.8 Å². The van der Waals surface area contributed by atoms with Crippen LogP contribution in [0.2, 0.25) is 0 Å². The summed E-state index contributed by atoms with van der Waals surface area (Å²) in [6, 6.07) is 0. The molecular formula is C7H17NO3. The highest BCUT2D eigenvalue weighted by Gasteiger charge is 1.86. The van der Waals surface area contributed by atoms with E-state index in [-0.39, 0.29) is 6.54 Å². The van der Waals surface area contributed by atoms with E-state index < -0.39 is 5.97 Å². The molecule has 0 aromatic rings. The SMILES string of the molecule is CCOCC.CNCC(=O)O. The van der Waals surface area contributed by atoms with Gasteiger partial charge < -0.3 is 15.2 Å². The van der Waals surface area contributed by atoms with Gasteiger partial charge in [-0.25, -0.2) is 0 Å². The second kappa shape index (κ2) is 12.1. The van der Waals surface area contributed by atoms with Gasteiger partial charge in [0.05, 0.1) is 6.54 Å². The first-order valence-corrected chi connectivity index (χ1v) is 3.63. The van der Waals surface area contributed by atoms with Crippen LogP contribution in [0, 0.1) is 0 Å². The monoisotopic (exact) mass is 163 g/mol. The molecule has 0 rings (SSSR count). The van der Waals surface area contributed by atoms with Crippen LogP contribution in [0.1, 0.15) is 13.8 Å². The zero-order chi connectivity index (χ0) is 9.11. The molecular weight excluding hydrogens is 146 g/mol. The van der Waals surface area contributed by atoms with Crippen molar-refractivity contribution in [2.24, 2.45) is 0 Å². The molecule has 0 saturated heterocycles. The minimum atomic E-state index is -0.822. The largest absolute Gasteiger partial charge is 0.480 e. The maximum absolute atomic E-state index is 9.54. The number of aliphatic carboxylic acids is 1. The lowest BCUT2D eigenvalue weighted by Gasteiger charge is -1.86. The summed E-state index contributed by atoms with van der Waals surface area (Å²) in [6.07, 6.45) is 0. The highest BCUT2D eigenvalue weighted by molar-refractivity contribution is 5.68. The molecule has 2 N–H and O–H groups in total. The van der Waals surface area contributed by atoms with Crippen molar-refractivity contribution in [3.8, 4) is 0 Å². The number of carbonyl (C=O) groups is 1. The van der Waals surface area contributed by atoms with E-state index >= 15 is 0 Å². The Morgan fingerprint density at radius 1 is 1.45 bits per heavy atom. The van der Waals surface area contributed by atoms with Crippen molar-refractivity contribution in [2.75, 3.05) is 26.8 Å². The fourth-order valence-electron chi connectivity index (χ4n) is 0.355. The van der Waals surface area contributed by atoms with E-state index in [0.29, 0.717) is 0 Å². The fraction of sp³-hybridized carbons (Fsp3) is 0.857. The van der Waals surface area contributed by atoms with Gasteiger partial charge in [0.1, 0.15) is 0 Å². The number of hydrogen-bond donors (Lipinski definition) is 2. The van der Waals surface area contributed by atoms with Crippen LogP contribution >= 0.6 is 0 Å². The van der Waals surface area contributed by atoms with Gasteiger partial charge in [0.15, 0.2) is 0 Å². The third-order valence-electron chi connectivity index (χ3n) is 0.736. The fourth-order valence-corrected chi connectivity index (χ4v) is 0.355. The molecule has 0 aliphatic rings. The average molecular weight is 163 g/mol. The van der Waals surface area contributed by atoms with E-state index in [1.807, 2.05) is 13.8 Å². The molecule has 0 spiro atoms. The summed E-state index contributed by atoms with van der Waals surface area (Å²) in [5, 5.41) is 10.3. The first-order chi connectivity index (χ1) is 5.18. The first-order valence-electron chi connectivity index (χ1n) is 3.63. The molecule has 4 heteroatoms. The Morgan fingerprint density at radius 2 is 1.91 bits per heavy atom. The molecule has 0 aromatic carbocycles. The molecule has 0 heterocycles. The number of carboxylic acid groups (broad SMARTS) is 1. The van der Waals surface area contributed by atoms with Gasteiger partial charge in [-0.2, -0.15) is 0 Å². The van der Waals surface area contributed by atoms with Crippen LogP contribution in [0.5, 0.6) is 0 Å². The maximum atomic E-state index is 9.54. The zero-order valence-electron chi connectivity index (χ0n) is 7.39. The van der Waals surface area contributed by atoms with Crippen LogP contribution in [-0.2, 0) is 9.53 Å². The average Bonchev–Trinajstić information content (AvgIpc) is 1.90. The molecule has 11 heavy (non-hydrogen) atoms. The smallest absolute Gasteiger partial charge is 0.317 e. The third kappa shape index (κ3) is 26.6. The standard InChI is InChI=1S/C4H10O.C3H7NO2/c1-3-5-4-2;1-4-2-3(5)6/h3-4H2,1-2H3;4H,2H2,1H3,(H,5,6). The van der Waals surface area contributed by atoms with Crippen molar-refractivity contribution in [3.05, 3.63) is 0 Å². The van der Waals surface area contributed by atoms with Crippen LogP contribution in [0.15, 0.2) is 0 Å². The number of hydrogen-bond acceptors (Lipinski definition) is 3. The predicted octanol–water partition coefficient (Wildman–Crippen LogP) is 0.333. The summed E-state index contributed by atoms with van der Waals surface area (Å²) >= 11 is 0. The van der Waals surface area contributed by atoms with E-state index in [0.717, 1.165) is 13.2 Å². The Kier molecular flexibility index (Phi) is 14.3. The molecule has 0 saturated carbocycles. The van der Waals surface area contributed by atoms with Gasteiger partial charge in [0.2, 0.25) is 0 Å². The number of carboxylic acids is 1. The quantitative estimate of drug-likeness (QED) is 0.627. The second-order valence-corrected chi connectivity index (χ2v) is 1.71. The number of likely N-dealkylation sites (N-methyl/N-ethyl adjacent to an activating group) is 1. The molecule has 0 bridgehead atoms. The summed E-state index contributed by atoms with van der Waals surface area (Å²) in [6.45, 7) is 5.71. The van der Waals surface area contributed by atoms with Crippen LogP contribution in [-0.4, -0.2) is 37.9 Å². The molecule has 0 aliphatic carbocycles. The van der Waals surface area contributed by atoms with E-state index in [1.165, 1.54) is 0 Å². The molecule has 0 unspecified atom stereocenters. The summed E-state index contributed by atoms with van der Waals surface area (Å²) in [4.78, 5) is 9.54. The van der Waals surface area contributed by atoms with Crippen LogP contribution in [0.3, 0.4) is 0 Å². The van der Waals surface area contributed by atoms with Crippen molar-refractivity contribution in [1.29, 1.82) is 0 Å². The Balaban J connectivity index is 0. The van der Waals surface area contributed by atoms with Gasteiger partial charge >= 0.3 is 5.97 Å². The maximum Gasteiger partial charge on any atom is 0.317 e. The molecule has 0 fully saturated rings. The number of ether oxygens (including phenoxy) is 1. The first kappa shape index (κ1) is 13.0. The molecule has 0 aromatic heterocycles. The lowest BCUT2D eigenvalue weighted by atomic mass is 10.7. The van der Waals surface area contributed by atoms with Gasteiger partial charge in [0.25, 0.3) is 0 Å². The highest BCUT2D eigenvalue weighted by atomic mass is 16.5. The molecule has 0 amide bonds. The zero-order valence-corrected chi connectivity index (χ0v) is 7.39. The van der Waals surface area contributed by atoms with E-state index in [1.54, 1.807) is 7.05 Å². The normalized spacial score (nSPS) is 8.27. The van der Waals surface area contributed by atoms with Crippen LogP contribution in [0.4, 0.5) is 0 Å². The van der Waals surface area contributed by atoms with Gasteiger partial charge in [-0.3, -0.25) is 4.79 Å². The highest BCUT2D eigenvalue weighted by Crippen LogP contribution is 1.64. The number of nitrogens with one attached hydrogen (secondary N) is 1. The predicted molar refractivity (Wildman–Crippen MR) is 43.7 cm³/mol. The van der Waals surface area contributed by atoms with E-state index in [2.05, 4.69) is 5.32 Å². The number of rotatable bonds is 4. The van der Waals surface area contributed by atoms with E-state index in [9.17, 15) is 4.79 Å². The molecule has 0 aliphatic heterocycles. The van der Waals surface area contributed by atoms with Gasteiger partial charge in [-0.05, 0) is 20.9 Å². The summed E-state index contributed by atoms with van der Waals surface area (Å²) in [5.41, 5.74) is 0. The topological polar surface area (TPSA) is 58.6 Å². The van der Waals surface area contributed by atoms with Gasteiger partial charge in [-0.1, -0.05) is 0 Å². The molecule has 4 nitrogen and oxygen atoms in total. The van der Waals surface area contributed by atoms with Crippen molar-refractivity contribution in [1.82, 2.24) is 5.32 Å². The molecule has 68 valence electrons. The van der Waals surface area contributed by atoms with Crippen molar-refractivity contribution in [3.63, 3.8) is 0 Å². The van der Waals surface area contributed by atoms with Gasteiger partial charge in [-0.15, -0.1) is 0 Å². The molecule has 0 radical (unpaired) electrons. The lowest BCUT2D eigenvalue weighted by molar-refractivity contribution is -0.135. The summed E-state index contributed by atoms with van der Waals surface area (Å²) in [7, 11) is 1.59. The Morgan fingerprint density at radius 3 is 1.91 bits per heavy atom. The van der Waals surface area contributed by atoms with Gasteiger partial charge in [0, 0.05) is 13.2 Å². The minimum absolute atomic E-state index is 0.0417. The Labute approximate surface area is 67.6 Å². The second-order valence-electron chi connectivity index (χ2n) is 1.71. The summed E-state index contributed by atoms with van der Waals surface area (Å²) in [5.74, 6) is -0.822.